The highest BCUT2D eigenvalue weighted by Gasteiger charge is 2.00. The molecule has 152 valence electrons. The maximum atomic E-state index is 2.33. The minimum atomic E-state index is 0. The van der Waals surface area contributed by atoms with Crippen LogP contribution in [0.2, 0.25) is 0 Å². The molecule has 0 saturated heterocycles. The van der Waals surface area contributed by atoms with Crippen molar-refractivity contribution in [1.29, 1.82) is 0 Å². The molecule has 0 atom stereocenters. The molecular weight excluding hydrogens is 382 g/mol. The zero-order valence-corrected chi connectivity index (χ0v) is 19.2. The Morgan fingerprint density at radius 1 is 0.654 bits per heavy atom. The first-order valence-corrected chi connectivity index (χ1v) is 11.3. The molecule has 1 aromatic rings. The minimum absolute atomic E-state index is 0. The molecule has 0 saturated carbocycles. The summed E-state index contributed by atoms with van der Waals surface area (Å²) in [6.45, 7) is 5.65. The van der Waals surface area contributed by atoms with Gasteiger partial charge in [0.1, 0.15) is 6.54 Å². The van der Waals surface area contributed by atoms with Crippen molar-refractivity contribution in [2.75, 3.05) is 0 Å². The Kier molecular flexibility index (Phi) is 19.1. The standard InChI is InChI=1S/C24H44N.BrH/c1-3-4-5-6-7-8-9-10-11-12-13-14-15-16-17-18-21-25-22-19-20-24(2)23-25;/h19-20,22-23H,3-18,21H2,1-2H3;1H/q+1;/p-1. The average Bonchev–Trinajstić information content (AvgIpc) is 2.61. The van der Waals surface area contributed by atoms with Crippen molar-refractivity contribution < 1.29 is 21.5 Å². The van der Waals surface area contributed by atoms with Crippen molar-refractivity contribution >= 4 is 0 Å². The maximum absolute atomic E-state index is 2.33. The number of aryl methyl sites for hydroxylation is 2. The number of nitrogens with zero attached hydrogens (tertiary/aromatic N) is 1. The molecule has 0 aromatic carbocycles. The van der Waals surface area contributed by atoms with Crippen molar-refractivity contribution in [2.45, 2.75) is 123 Å². The second kappa shape index (κ2) is 19.4. The van der Waals surface area contributed by atoms with E-state index in [1.54, 1.807) is 0 Å². The summed E-state index contributed by atoms with van der Waals surface area (Å²) in [7, 11) is 0. The Hall–Kier alpha value is -0.370. The third-order valence-corrected chi connectivity index (χ3v) is 5.28. The summed E-state index contributed by atoms with van der Waals surface area (Å²) in [5, 5.41) is 0. The highest BCUT2D eigenvalue weighted by Crippen LogP contribution is 2.13. The van der Waals surface area contributed by atoms with Crippen LogP contribution in [0.25, 0.3) is 0 Å². The van der Waals surface area contributed by atoms with Gasteiger partial charge in [-0.3, -0.25) is 0 Å². The fourth-order valence-electron chi connectivity index (χ4n) is 3.63. The van der Waals surface area contributed by atoms with Gasteiger partial charge in [-0.25, -0.2) is 4.57 Å². The van der Waals surface area contributed by atoms with Crippen LogP contribution >= 0.6 is 0 Å². The fourth-order valence-corrected chi connectivity index (χ4v) is 3.63. The van der Waals surface area contributed by atoms with Crippen LogP contribution in [0.5, 0.6) is 0 Å². The monoisotopic (exact) mass is 425 g/mol. The van der Waals surface area contributed by atoms with E-state index >= 15 is 0 Å². The molecule has 0 fully saturated rings. The van der Waals surface area contributed by atoms with Crippen LogP contribution in [0.1, 0.15) is 115 Å². The van der Waals surface area contributed by atoms with E-state index in [0.29, 0.717) is 0 Å². The summed E-state index contributed by atoms with van der Waals surface area (Å²) in [5.74, 6) is 0. The van der Waals surface area contributed by atoms with Crippen LogP contribution in [0, 0.1) is 6.92 Å². The molecular formula is C24H44BrN. The minimum Gasteiger partial charge on any atom is -1.00 e. The van der Waals surface area contributed by atoms with Gasteiger partial charge in [-0.2, -0.15) is 0 Å². The van der Waals surface area contributed by atoms with Crippen molar-refractivity contribution in [3.63, 3.8) is 0 Å². The number of pyridine rings is 1. The number of aromatic nitrogens is 1. The Bertz CT molecular complexity index is 405. The molecule has 26 heavy (non-hydrogen) atoms. The Balaban J connectivity index is 0.00000625. The van der Waals surface area contributed by atoms with Gasteiger partial charge < -0.3 is 17.0 Å². The zero-order valence-electron chi connectivity index (χ0n) is 17.7. The molecule has 0 amide bonds. The van der Waals surface area contributed by atoms with Gasteiger partial charge in [-0.1, -0.05) is 96.8 Å². The molecule has 0 aliphatic carbocycles. The average molecular weight is 427 g/mol. The number of hydrogen-bond donors (Lipinski definition) is 0. The predicted molar refractivity (Wildman–Crippen MR) is 111 cm³/mol. The third-order valence-electron chi connectivity index (χ3n) is 5.28. The number of hydrogen-bond acceptors (Lipinski definition) is 0. The van der Waals surface area contributed by atoms with Gasteiger partial charge in [0.2, 0.25) is 0 Å². The van der Waals surface area contributed by atoms with E-state index in [-0.39, 0.29) is 17.0 Å². The first-order valence-electron chi connectivity index (χ1n) is 11.3. The third kappa shape index (κ3) is 15.9. The number of halogens is 1. The predicted octanol–water partition coefficient (Wildman–Crippen LogP) is 4.55. The number of unbranched alkanes of at least 4 members (excludes halogenated alkanes) is 15. The summed E-state index contributed by atoms with van der Waals surface area (Å²) in [5.41, 5.74) is 1.36. The lowest BCUT2D eigenvalue weighted by Crippen LogP contribution is -3.00. The van der Waals surface area contributed by atoms with Crippen LogP contribution < -0.4 is 21.5 Å². The van der Waals surface area contributed by atoms with Crippen LogP contribution in [0.4, 0.5) is 0 Å². The molecule has 1 rings (SSSR count). The molecule has 2 heteroatoms. The van der Waals surface area contributed by atoms with Gasteiger partial charge >= 0.3 is 0 Å². The summed E-state index contributed by atoms with van der Waals surface area (Å²) in [6.07, 6.45) is 27.5. The second-order valence-electron chi connectivity index (χ2n) is 7.92. The first-order chi connectivity index (χ1) is 12.3. The largest absolute Gasteiger partial charge is 1.00 e. The first kappa shape index (κ1) is 25.6. The normalized spacial score (nSPS) is 10.7. The summed E-state index contributed by atoms with van der Waals surface area (Å²) in [4.78, 5) is 0. The lowest BCUT2D eigenvalue weighted by Gasteiger charge is -2.03. The molecule has 0 aliphatic heterocycles. The Morgan fingerprint density at radius 3 is 1.50 bits per heavy atom. The molecule has 1 aromatic heterocycles. The summed E-state index contributed by atoms with van der Waals surface area (Å²) < 4.78 is 2.33. The lowest BCUT2D eigenvalue weighted by atomic mass is 10.0. The van der Waals surface area contributed by atoms with E-state index in [1.807, 2.05) is 0 Å². The molecule has 0 aliphatic rings. The molecule has 0 N–H and O–H groups in total. The van der Waals surface area contributed by atoms with Crippen LogP contribution in [-0.2, 0) is 6.54 Å². The quantitative estimate of drug-likeness (QED) is 0.254. The maximum Gasteiger partial charge on any atom is 0.171 e. The van der Waals surface area contributed by atoms with Gasteiger partial charge in [-0.05, 0) is 19.4 Å². The van der Waals surface area contributed by atoms with E-state index in [1.165, 1.54) is 115 Å². The van der Waals surface area contributed by atoms with Gasteiger partial charge in [0, 0.05) is 18.1 Å². The second-order valence-corrected chi connectivity index (χ2v) is 7.92. The van der Waals surface area contributed by atoms with E-state index in [0.717, 1.165) is 0 Å². The van der Waals surface area contributed by atoms with E-state index < -0.39 is 0 Å². The van der Waals surface area contributed by atoms with Crippen molar-refractivity contribution in [2.24, 2.45) is 0 Å². The SMILES string of the molecule is CCCCCCCCCCCCCCCCCC[n+]1cccc(C)c1.[Br-]. The Labute approximate surface area is 174 Å². The molecule has 0 bridgehead atoms. The lowest BCUT2D eigenvalue weighted by molar-refractivity contribution is -0.697. The molecule has 0 radical (unpaired) electrons. The Morgan fingerprint density at radius 2 is 1.08 bits per heavy atom. The number of rotatable bonds is 17. The molecule has 0 unspecified atom stereocenters. The van der Waals surface area contributed by atoms with Crippen molar-refractivity contribution in [1.82, 2.24) is 0 Å². The summed E-state index contributed by atoms with van der Waals surface area (Å²) >= 11 is 0. The van der Waals surface area contributed by atoms with Gasteiger partial charge in [0.05, 0.1) is 0 Å². The summed E-state index contributed by atoms with van der Waals surface area (Å²) in [6, 6.07) is 4.33. The van der Waals surface area contributed by atoms with E-state index in [4.69, 9.17) is 0 Å². The van der Waals surface area contributed by atoms with E-state index in [2.05, 4.69) is 42.9 Å². The highest BCUT2D eigenvalue weighted by atomic mass is 79.9. The topological polar surface area (TPSA) is 3.88 Å². The van der Waals surface area contributed by atoms with Crippen LogP contribution in [-0.4, -0.2) is 0 Å². The van der Waals surface area contributed by atoms with Gasteiger partial charge in [0.15, 0.2) is 12.4 Å². The van der Waals surface area contributed by atoms with Crippen molar-refractivity contribution in [3.05, 3.63) is 30.1 Å². The van der Waals surface area contributed by atoms with Gasteiger partial charge in [-0.15, -0.1) is 0 Å². The molecule has 1 heterocycles. The smallest absolute Gasteiger partial charge is 0.171 e. The zero-order chi connectivity index (χ0) is 18.0. The van der Waals surface area contributed by atoms with Crippen LogP contribution in [0.15, 0.2) is 24.5 Å². The van der Waals surface area contributed by atoms with Gasteiger partial charge in [0.25, 0.3) is 0 Å². The van der Waals surface area contributed by atoms with Crippen molar-refractivity contribution in [3.8, 4) is 0 Å². The molecule has 0 spiro atoms. The fraction of sp³-hybridized carbons (Fsp3) is 0.792. The highest BCUT2D eigenvalue weighted by molar-refractivity contribution is 5.01. The van der Waals surface area contributed by atoms with Crippen LogP contribution in [0.3, 0.4) is 0 Å². The van der Waals surface area contributed by atoms with E-state index in [9.17, 15) is 0 Å². The molecule has 1 nitrogen and oxygen atoms in total.